The zero-order valence-electron chi connectivity index (χ0n) is 10.0. The number of nitrogens with zero attached hydrogens (tertiary/aromatic N) is 2. The maximum atomic E-state index is 13.5. The first-order valence-electron chi connectivity index (χ1n) is 5.37. The van der Waals surface area contributed by atoms with Gasteiger partial charge >= 0.3 is 0 Å². The number of aromatic nitrogens is 2. The van der Waals surface area contributed by atoms with E-state index in [-0.39, 0.29) is 11.1 Å². The number of rotatable bonds is 3. The maximum Gasteiger partial charge on any atom is 0.224 e. The first kappa shape index (κ1) is 13.4. The van der Waals surface area contributed by atoms with Gasteiger partial charge in [0, 0.05) is 17.7 Å². The number of methoxy groups -OCH3 is 1. The molecule has 1 aromatic rings. The van der Waals surface area contributed by atoms with Crippen LogP contribution >= 0.6 is 11.6 Å². The van der Waals surface area contributed by atoms with Crippen molar-refractivity contribution in [2.45, 2.75) is 6.42 Å². The Morgan fingerprint density at radius 2 is 2.32 bits per heavy atom. The minimum Gasteiger partial charge on any atom is -0.515 e. The molecule has 0 unspecified atom stereocenters. The number of hydrogen-bond acceptors (Lipinski definition) is 5. The van der Waals surface area contributed by atoms with Crippen LogP contribution in [0.1, 0.15) is 6.42 Å². The molecule has 0 saturated heterocycles. The van der Waals surface area contributed by atoms with Crippen LogP contribution in [0, 0.1) is 5.82 Å². The van der Waals surface area contributed by atoms with Gasteiger partial charge in [-0.05, 0) is 23.8 Å². The van der Waals surface area contributed by atoms with E-state index in [2.05, 4.69) is 15.3 Å². The molecule has 1 heterocycles. The third-order valence-electron chi connectivity index (χ3n) is 2.50. The standard InChI is InChI=1S/C12H11ClFN3O2/c1-19-10-3-2-8(4-7(10)6-18)16-11-9(14)5-15-12(13)17-11/h2-3,5-6,18H,4H2,1H3,(H,15,16,17)/b7-6-. The molecule has 1 aliphatic rings. The highest BCUT2D eigenvalue weighted by Crippen LogP contribution is 2.26. The Hall–Kier alpha value is -2.08. The molecular formula is C12H11ClFN3O2. The fourth-order valence-electron chi connectivity index (χ4n) is 1.61. The van der Waals surface area contributed by atoms with E-state index in [1.54, 1.807) is 12.2 Å². The lowest BCUT2D eigenvalue weighted by molar-refractivity contribution is 0.294. The topological polar surface area (TPSA) is 67.3 Å². The summed E-state index contributed by atoms with van der Waals surface area (Å²) in [6.45, 7) is 0. The van der Waals surface area contributed by atoms with Crippen molar-refractivity contribution in [2.75, 3.05) is 12.4 Å². The summed E-state index contributed by atoms with van der Waals surface area (Å²) in [5, 5.41) is 11.9. The molecule has 19 heavy (non-hydrogen) atoms. The molecule has 7 heteroatoms. The van der Waals surface area contributed by atoms with Crippen LogP contribution in [-0.4, -0.2) is 22.2 Å². The molecule has 0 aliphatic heterocycles. The third-order valence-corrected chi connectivity index (χ3v) is 2.68. The van der Waals surface area contributed by atoms with Gasteiger partial charge in [-0.15, -0.1) is 0 Å². The average Bonchev–Trinajstić information content (AvgIpc) is 2.42. The quantitative estimate of drug-likeness (QED) is 0.659. The lowest BCUT2D eigenvalue weighted by Crippen LogP contribution is -2.09. The van der Waals surface area contributed by atoms with Gasteiger partial charge in [-0.25, -0.2) is 9.37 Å². The molecular weight excluding hydrogens is 273 g/mol. The Labute approximate surface area is 114 Å². The van der Waals surface area contributed by atoms with Crippen LogP contribution in [0.2, 0.25) is 5.28 Å². The molecule has 0 bridgehead atoms. The zero-order valence-corrected chi connectivity index (χ0v) is 10.8. The lowest BCUT2D eigenvalue weighted by atomic mass is 10.0. The van der Waals surface area contributed by atoms with Crippen molar-refractivity contribution < 1.29 is 14.2 Å². The van der Waals surface area contributed by atoms with Gasteiger partial charge in [0.05, 0.1) is 19.6 Å². The highest BCUT2D eigenvalue weighted by molar-refractivity contribution is 6.28. The van der Waals surface area contributed by atoms with E-state index in [0.29, 0.717) is 23.5 Å². The highest BCUT2D eigenvalue weighted by Gasteiger charge is 2.15. The SMILES string of the molecule is COC1=CC=C(Nc2nc(Cl)ncc2F)C/C1=C/O. The first-order valence-corrected chi connectivity index (χ1v) is 5.75. The smallest absolute Gasteiger partial charge is 0.224 e. The van der Waals surface area contributed by atoms with Crippen molar-refractivity contribution in [3.63, 3.8) is 0 Å². The number of hydrogen-bond donors (Lipinski definition) is 2. The van der Waals surface area contributed by atoms with Gasteiger partial charge in [0.25, 0.3) is 0 Å². The zero-order chi connectivity index (χ0) is 13.8. The molecule has 0 saturated carbocycles. The van der Waals surface area contributed by atoms with Gasteiger partial charge in [0.15, 0.2) is 11.6 Å². The number of ether oxygens (including phenoxy) is 1. The predicted molar refractivity (Wildman–Crippen MR) is 69.1 cm³/mol. The van der Waals surface area contributed by atoms with E-state index < -0.39 is 5.82 Å². The fraction of sp³-hybridized carbons (Fsp3) is 0.167. The minimum atomic E-state index is -0.610. The average molecular weight is 284 g/mol. The molecule has 0 spiro atoms. The summed E-state index contributed by atoms with van der Waals surface area (Å²) in [6, 6.07) is 0. The fourth-order valence-corrected chi connectivity index (χ4v) is 1.75. The number of halogens is 2. The Bertz CT molecular complexity index is 584. The summed E-state index contributed by atoms with van der Waals surface area (Å²) < 4.78 is 18.5. The van der Waals surface area contributed by atoms with Gasteiger partial charge in [-0.2, -0.15) is 4.98 Å². The molecule has 0 radical (unpaired) electrons. The van der Waals surface area contributed by atoms with Gasteiger partial charge in [0.2, 0.25) is 5.28 Å². The number of allylic oxidation sites excluding steroid dienone is 4. The van der Waals surface area contributed by atoms with Gasteiger partial charge < -0.3 is 15.2 Å². The normalized spacial score (nSPS) is 16.9. The first-order chi connectivity index (χ1) is 9.13. The summed E-state index contributed by atoms with van der Waals surface area (Å²) in [7, 11) is 1.51. The predicted octanol–water partition coefficient (Wildman–Crippen LogP) is 2.94. The van der Waals surface area contributed by atoms with Crippen molar-refractivity contribution in [1.29, 1.82) is 0 Å². The molecule has 100 valence electrons. The van der Waals surface area contributed by atoms with Crippen LogP contribution in [0.4, 0.5) is 10.2 Å². The molecule has 0 atom stereocenters. The molecule has 2 rings (SSSR count). The van der Waals surface area contributed by atoms with Gasteiger partial charge in [0.1, 0.15) is 5.76 Å². The van der Waals surface area contributed by atoms with Crippen LogP contribution in [0.3, 0.4) is 0 Å². The van der Waals surface area contributed by atoms with Gasteiger partial charge in [-0.3, -0.25) is 0 Å². The second-order valence-electron chi connectivity index (χ2n) is 3.72. The van der Waals surface area contributed by atoms with Crippen molar-refractivity contribution in [3.05, 3.63) is 52.7 Å². The van der Waals surface area contributed by atoms with E-state index in [1.165, 1.54) is 7.11 Å². The van der Waals surface area contributed by atoms with E-state index in [9.17, 15) is 4.39 Å². The summed E-state index contributed by atoms with van der Waals surface area (Å²) >= 11 is 5.60. The largest absolute Gasteiger partial charge is 0.515 e. The van der Waals surface area contributed by atoms with Crippen LogP contribution in [0.15, 0.2) is 41.6 Å². The molecule has 1 aromatic heterocycles. The molecule has 0 fully saturated rings. The monoisotopic (exact) mass is 283 g/mol. The summed E-state index contributed by atoms with van der Waals surface area (Å²) in [6.07, 6.45) is 5.67. The maximum absolute atomic E-state index is 13.5. The van der Waals surface area contributed by atoms with Crippen LogP contribution in [-0.2, 0) is 4.74 Å². The van der Waals surface area contributed by atoms with E-state index >= 15 is 0 Å². The number of nitrogens with one attached hydrogen (secondary N) is 1. The summed E-state index contributed by atoms with van der Waals surface area (Å²) in [5.74, 6) is -0.0756. The Morgan fingerprint density at radius 1 is 1.53 bits per heavy atom. The van der Waals surface area contributed by atoms with Crippen molar-refractivity contribution in [1.82, 2.24) is 9.97 Å². The summed E-state index contributed by atoms with van der Waals surface area (Å²) in [4.78, 5) is 7.28. The summed E-state index contributed by atoms with van der Waals surface area (Å²) in [5.41, 5.74) is 1.22. The lowest BCUT2D eigenvalue weighted by Gasteiger charge is -2.17. The third kappa shape index (κ3) is 3.03. The van der Waals surface area contributed by atoms with Crippen molar-refractivity contribution >= 4 is 17.4 Å². The highest BCUT2D eigenvalue weighted by atomic mass is 35.5. The molecule has 5 nitrogen and oxygen atoms in total. The van der Waals surface area contributed by atoms with Crippen molar-refractivity contribution in [3.8, 4) is 0 Å². The van der Waals surface area contributed by atoms with Crippen LogP contribution in [0.25, 0.3) is 0 Å². The number of aliphatic hydroxyl groups excluding tert-OH is 1. The molecule has 0 aromatic carbocycles. The molecule has 2 N–H and O–H groups in total. The molecule has 0 amide bonds. The van der Waals surface area contributed by atoms with E-state index in [1.807, 2.05) is 0 Å². The second-order valence-corrected chi connectivity index (χ2v) is 4.06. The Kier molecular flexibility index (Phi) is 4.01. The number of anilines is 1. The van der Waals surface area contributed by atoms with E-state index in [0.717, 1.165) is 12.5 Å². The number of aliphatic hydroxyl groups is 1. The Balaban J connectivity index is 2.23. The van der Waals surface area contributed by atoms with Crippen molar-refractivity contribution in [2.24, 2.45) is 0 Å². The Morgan fingerprint density at radius 3 is 3.00 bits per heavy atom. The van der Waals surface area contributed by atoms with Crippen LogP contribution < -0.4 is 5.32 Å². The second kappa shape index (κ2) is 5.71. The van der Waals surface area contributed by atoms with Gasteiger partial charge in [-0.1, -0.05) is 0 Å². The van der Waals surface area contributed by atoms with E-state index in [4.69, 9.17) is 21.4 Å². The van der Waals surface area contributed by atoms with Crippen LogP contribution in [0.5, 0.6) is 0 Å². The minimum absolute atomic E-state index is 0.0159. The molecule has 1 aliphatic carbocycles.